The summed E-state index contributed by atoms with van der Waals surface area (Å²) in [5, 5.41) is 36.8. The van der Waals surface area contributed by atoms with Crippen molar-refractivity contribution in [3.8, 4) is 0 Å². The van der Waals surface area contributed by atoms with Crippen molar-refractivity contribution in [3.05, 3.63) is 86.9 Å². The minimum absolute atomic E-state index is 0.0151. The Hall–Kier alpha value is -3.86. The maximum absolute atomic E-state index is 13.8. The number of benzene rings is 3. The number of carbonyl (C=O) groups excluding carboxylic acids is 2. The van der Waals surface area contributed by atoms with E-state index in [2.05, 4.69) is 5.32 Å². The Balaban J connectivity index is 1.65. The van der Waals surface area contributed by atoms with Crippen molar-refractivity contribution in [3.63, 3.8) is 0 Å². The number of rotatable bonds is 9. The third-order valence-electron chi connectivity index (χ3n) is 7.74. The van der Waals surface area contributed by atoms with Gasteiger partial charge >= 0.3 is 5.97 Å². The van der Waals surface area contributed by atoms with Crippen molar-refractivity contribution in [2.45, 2.75) is 30.8 Å². The number of amides is 2. The molecule has 3 aromatic carbocycles. The van der Waals surface area contributed by atoms with Gasteiger partial charge in [0.05, 0.1) is 22.8 Å². The molecule has 5 rings (SSSR count). The first kappa shape index (κ1) is 26.7. The number of aliphatic hydroxyl groups is 1. The summed E-state index contributed by atoms with van der Waals surface area (Å²) in [6.45, 7) is -0.107. The normalized spacial score (nSPS) is 24.4. The molecule has 39 heavy (non-hydrogen) atoms. The molecule has 2 amide bonds. The van der Waals surface area contributed by atoms with Gasteiger partial charge < -0.3 is 10.2 Å². The predicted octanol–water partition coefficient (Wildman–Crippen LogP) is 3.49. The van der Waals surface area contributed by atoms with E-state index in [9.17, 15) is 34.7 Å². The summed E-state index contributed by atoms with van der Waals surface area (Å²) in [6, 6.07) is 15.8. The van der Waals surface area contributed by atoms with Crippen LogP contribution >= 0.6 is 11.6 Å². The molecule has 0 saturated carbocycles. The molecule has 0 aliphatic carbocycles. The molecule has 2 fully saturated rings. The van der Waals surface area contributed by atoms with Crippen LogP contribution in [-0.4, -0.2) is 56.5 Å². The molecule has 4 unspecified atom stereocenters. The van der Waals surface area contributed by atoms with Crippen molar-refractivity contribution in [1.82, 2.24) is 10.2 Å². The number of carbonyl (C=O) groups is 3. The van der Waals surface area contributed by atoms with Gasteiger partial charge in [0.2, 0.25) is 11.8 Å². The number of likely N-dealkylation sites (tertiary alicyclic amines) is 1. The van der Waals surface area contributed by atoms with Crippen molar-refractivity contribution in [2.75, 3.05) is 13.2 Å². The van der Waals surface area contributed by atoms with E-state index in [-0.39, 0.29) is 35.8 Å². The second-order valence-corrected chi connectivity index (χ2v) is 10.4. The predicted molar refractivity (Wildman–Crippen MR) is 142 cm³/mol. The van der Waals surface area contributed by atoms with Gasteiger partial charge in [-0.2, -0.15) is 0 Å². The van der Waals surface area contributed by atoms with Crippen LogP contribution in [0.25, 0.3) is 10.8 Å². The Morgan fingerprint density at radius 1 is 1.05 bits per heavy atom. The lowest BCUT2D eigenvalue weighted by molar-refractivity contribution is -0.385. The molecule has 0 radical (unpaired) electrons. The molecule has 3 aromatic rings. The Bertz CT molecular complexity index is 1500. The van der Waals surface area contributed by atoms with Gasteiger partial charge in [-0.05, 0) is 41.3 Å². The van der Waals surface area contributed by atoms with Crippen LogP contribution in [0.5, 0.6) is 0 Å². The van der Waals surface area contributed by atoms with Gasteiger partial charge in [0.1, 0.15) is 5.54 Å². The molecule has 11 heteroatoms. The first-order valence-electron chi connectivity index (χ1n) is 12.6. The fraction of sp³-hybridized carbons (Fsp3) is 0.321. The summed E-state index contributed by atoms with van der Waals surface area (Å²) in [5.41, 5.74) is -1.58. The summed E-state index contributed by atoms with van der Waals surface area (Å²) in [4.78, 5) is 52.8. The third kappa shape index (κ3) is 4.54. The molecule has 4 atom stereocenters. The van der Waals surface area contributed by atoms with Gasteiger partial charge in [-0.25, -0.2) is 0 Å². The fourth-order valence-corrected chi connectivity index (χ4v) is 6.16. The van der Waals surface area contributed by atoms with Crippen molar-refractivity contribution in [2.24, 2.45) is 11.8 Å². The number of halogens is 1. The van der Waals surface area contributed by atoms with Crippen LogP contribution < -0.4 is 5.32 Å². The first-order chi connectivity index (χ1) is 18.7. The lowest BCUT2D eigenvalue weighted by Crippen LogP contribution is -2.57. The van der Waals surface area contributed by atoms with E-state index in [0.717, 1.165) is 15.7 Å². The Morgan fingerprint density at radius 2 is 1.79 bits per heavy atom. The minimum atomic E-state index is -1.92. The number of nitrogens with zero attached hydrogens (tertiary/aromatic N) is 2. The van der Waals surface area contributed by atoms with Crippen LogP contribution in [0.4, 0.5) is 5.69 Å². The van der Waals surface area contributed by atoms with E-state index in [1.165, 1.54) is 18.2 Å². The highest BCUT2D eigenvalue weighted by atomic mass is 35.5. The number of nitro groups is 1. The molecule has 10 nitrogen and oxygen atoms in total. The molecular weight excluding hydrogens is 526 g/mol. The smallest absolute Gasteiger partial charge is 0.325 e. The Labute approximate surface area is 228 Å². The summed E-state index contributed by atoms with van der Waals surface area (Å²) >= 11 is 6.19. The summed E-state index contributed by atoms with van der Waals surface area (Å²) in [5.74, 6) is -5.09. The highest BCUT2D eigenvalue weighted by Crippen LogP contribution is 2.51. The average molecular weight is 552 g/mol. The molecule has 3 N–H and O–H groups in total. The summed E-state index contributed by atoms with van der Waals surface area (Å²) in [7, 11) is 0. The Kier molecular flexibility index (Phi) is 7.11. The van der Waals surface area contributed by atoms with Gasteiger partial charge in [0, 0.05) is 36.2 Å². The third-order valence-corrected chi connectivity index (χ3v) is 7.97. The van der Waals surface area contributed by atoms with Crippen LogP contribution in [0.1, 0.15) is 30.0 Å². The number of carboxylic acid groups (broad SMARTS) is 1. The second-order valence-electron chi connectivity index (χ2n) is 9.98. The number of fused-ring (bicyclic) bond motifs is 2. The largest absolute Gasteiger partial charge is 0.480 e. The zero-order chi connectivity index (χ0) is 27.9. The van der Waals surface area contributed by atoms with Crippen LogP contribution in [0.15, 0.2) is 60.7 Å². The molecule has 2 heterocycles. The topological polar surface area (TPSA) is 150 Å². The second kappa shape index (κ2) is 10.4. The molecular formula is C28H26ClN3O7. The van der Waals surface area contributed by atoms with Gasteiger partial charge in [-0.3, -0.25) is 34.7 Å². The monoisotopic (exact) mass is 551 g/mol. The molecule has 0 aromatic heterocycles. The molecule has 2 saturated heterocycles. The summed E-state index contributed by atoms with van der Waals surface area (Å²) in [6.07, 6.45) is 0.561. The number of hydrogen-bond acceptors (Lipinski definition) is 7. The summed E-state index contributed by atoms with van der Waals surface area (Å²) < 4.78 is 0. The highest BCUT2D eigenvalue weighted by Gasteiger charge is 2.68. The number of nitro benzene ring substituents is 1. The lowest BCUT2D eigenvalue weighted by Gasteiger charge is -2.31. The molecule has 0 bridgehead atoms. The van der Waals surface area contributed by atoms with Crippen LogP contribution in [0.2, 0.25) is 5.02 Å². The lowest BCUT2D eigenvalue weighted by atomic mass is 9.76. The van der Waals surface area contributed by atoms with Gasteiger partial charge in [0.15, 0.2) is 0 Å². The number of unbranched alkanes of at least 4 members (excludes halogenated alkanes) is 1. The number of hydrogen-bond donors (Lipinski definition) is 3. The van der Waals surface area contributed by atoms with E-state index in [1.54, 1.807) is 6.07 Å². The number of aliphatic carboxylic acids is 1. The number of imide groups is 1. The zero-order valence-corrected chi connectivity index (χ0v) is 21.5. The van der Waals surface area contributed by atoms with Crippen molar-refractivity contribution < 1.29 is 29.5 Å². The van der Waals surface area contributed by atoms with E-state index >= 15 is 0 Å². The molecule has 2 aliphatic rings. The molecule has 2 aliphatic heterocycles. The number of aliphatic hydroxyl groups excluding tert-OH is 1. The zero-order valence-electron chi connectivity index (χ0n) is 20.7. The van der Waals surface area contributed by atoms with Crippen LogP contribution in [0.3, 0.4) is 0 Å². The van der Waals surface area contributed by atoms with Crippen molar-refractivity contribution >= 4 is 45.8 Å². The van der Waals surface area contributed by atoms with Crippen molar-refractivity contribution in [1.29, 1.82) is 0 Å². The van der Waals surface area contributed by atoms with E-state index in [0.29, 0.717) is 18.4 Å². The van der Waals surface area contributed by atoms with E-state index in [4.69, 9.17) is 11.6 Å². The fourth-order valence-electron chi connectivity index (χ4n) is 5.98. The first-order valence-corrected chi connectivity index (χ1v) is 12.9. The quantitative estimate of drug-likeness (QED) is 0.158. The van der Waals surface area contributed by atoms with Gasteiger partial charge in [-0.1, -0.05) is 54.1 Å². The standard InChI is InChI=1S/C28H26ClN3O7/c29-19-9-10-21(32(38)39)20(14-19)24-22-23(26(35)31(25(22)34)11-3-4-12-33)28(30-24,27(36)37)15-16-7-8-17-5-1-2-6-18(17)13-16/h1-2,5-10,13-14,22-24,30,33H,3-4,11-12,15H2,(H,36,37). The van der Waals surface area contributed by atoms with E-state index < -0.39 is 46.1 Å². The van der Waals surface area contributed by atoms with Crippen LogP contribution in [0, 0.1) is 22.0 Å². The van der Waals surface area contributed by atoms with Gasteiger partial charge in [-0.15, -0.1) is 0 Å². The Morgan fingerprint density at radius 3 is 2.49 bits per heavy atom. The van der Waals surface area contributed by atoms with Crippen LogP contribution in [-0.2, 0) is 20.8 Å². The van der Waals surface area contributed by atoms with Gasteiger partial charge in [0.25, 0.3) is 5.69 Å². The number of nitrogens with one attached hydrogen (secondary N) is 1. The van der Waals surface area contributed by atoms with E-state index in [1.807, 2.05) is 36.4 Å². The maximum atomic E-state index is 13.8. The number of carboxylic acids is 1. The minimum Gasteiger partial charge on any atom is -0.480 e. The maximum Gasteiger partial charge on any atom is 0.325 e. The average Bonchev–Trinajstić information content (AvgIpc) is 3.38. The SMILES string of the molecule is O=C1C2C(c3cc(Cl)ccc3[N+](=O)[O-])NC(Cc3ccc4ccccc4c3)(C(=O)O)C2C(=O)N1CCCCO. The molecule has 0 spiro atoms. The highest BCUT2D eigenvalue weighted by molar-refractivity contribution is 6.30. The molecule has 202 valence electrons.